The maximum atomic E-state index is 2.21. The molecule has 0 unspecified atom stereocenters. The molecular formula is C9H20. The maximum Gasteiger partial charge on any atom is -0.0351 e. The van der Waals surface area contributed by atoms with E-state index in [2.05, 4.69) is 26.0 Å². The average Bonchev–Trinajstić information content (AvgIpc) is 1.94. The molecule has 0 saturated heterocycles. The van der Waals surface area contributed by atoms with Crippen LogP contribution in [0.15, 0.2) is 12.2 Å². The first-order valence-corrected chi connectivity index (χ1v) is 4.03. The minimum Gasteiger partial charge on any atom is -0.0917 e. The van der Waals surface area contributed by atoms with Gasteiger partial charge >= 0.3 is 0 Å². The predicted molar refractivity (Wildman–Crippen MR) is 45.7 cm³/mol. The fraction of sp³-hybridized carbons (Fsp3) is 0.778. The third-order valence-electron chi connectivity index (χ3n) is 0.960. The molecule has 0 nitrogen and oxygen atoms in total. The van der Waals surface area contributed by atoms with Crippen molar-refractivity contribution in [2.45, 2.75) is 47.0 Å². The number of unbranched alkanes of at least 4 members (excludes halogenated alkanes) is 2. The zero-order valence-electron chi connectivity index (χ0n) is 7.28. The Bertz CT molecular complexity index is 44.0. The minimum atomic E-state index is 1.26. The fourth-order valence-electron chi connectivity index (χ4n) is 0.489. The topological polar surface area (TPSA) is 0 Å². The van der Waals surface area contributed by atoms with Gasteiger partial charge in [0.25, 0.3) is 0 Å². The van der Waals surface area contributed by atoms with Gasteiger partial charge in [-0.15, -0.1) is 0 Å². The zero-order valence-corrected chi connectivity index (χ0v) is 7.28. The van der Waals surface area contributed by atoms with Crippen LogP contribution in [0.1, 0.15) is 47.0 Å². The lowest BCUT2D eigenvalue weighted by Crippen LogP contribution is -1.63. The van der Waals surface area contributed by atoms with Crippen LogP contribution in [-0.2, 0) is 0 Å². The summed E-state index contributed by atoms with van der Waals surface area (Å²) < 4.78 is 0. The Hall–Kier alpha value is -0.260. The van der Waals surface area contributed by atoms with Gasteiger partial charge in [-0.25, -0.2) is 0 Å². The van der Waals surface area contributed by atoms with Crippen LogP contribution in [-0.4, -0.2) is 0 Å². The van der Waals surface area contributed by atoms with E-state index in [1.807, 2.05) is 13.8 Å². The van der Waals surface area contributed by atoms with Crippen molar-refractivity contribution < 1.29 is 0 Å². The molecule has 0 heterocycles. The van der Waals surface area contributed by atoms with Gasteiger partial charge in [-0.2, -0.15) is 0 Å². The average molecular weight is 128 g/mol. The summed E-state index contributed by atoms with van der Waals surface area (Å²) in [6.07, 6.45) is 8.22. The smallest absolute Gasteiger partial charge is 0.0351 e. The molecule has 0 bridgehead atoms. The molecule has 0 atom stereocenters. The molecule has 0 aliphatic rings. The van der Waals surface area contributed by atoms with Gasteiger partial charge in [0.1, 0.15) is 0 Å². The lowest BCUT2D eigenvalue weighted by molar-refractivity contribution is 0.814. The number of allylic oxidation sites excluding steroid dienone is 2. The van der Waals surface area contributed by atoms with Crippen molar-refractivity contribution in [3.8, 4) is 0 Å². The lowest BCUT2D eigenvalue weighted by Gasteiger charge is -1.83. The van der Waals surface area contributed by atoms with Crippen LogP contribution >= 0.6 is 0 Å². The van der Waals surface area contributed by atoms with Gasteiger partial charge in [0, 0.05) is 0 Å². The molecule has 0 rings (SSSR count). The van der Waals surface area contributed by atoms with Crippen molar-refractivity contribution in [3.63, 3.8) is 0 Å². The Morgan fingerprint density at radius 2 is 1.78 bits per heavy atom. The maximum absolute atomic E-state index is 2.21. The summed E-state index contributed by atoms with van der Waals surface area (Å²) in [5.74, 6) is 0. The molecule has 9 heavy (non-hydrogen) atoms. The first kappa shape index (κ1) is 11.5. The van der Waals surface area contributed by atoms with E-state index in [0.717, 1.165) is 0 Å². The van der Waals surface area contributed by atoms with Crippen LogP contribution in [0.3, 0.4) is 0 Å². The van der Waals surface area contributed by atoms with Gasteiger partial charge in [-0.05, 0) is 13.3 Å². The van der Waals surface area contributed by atoms with Crippen molar-refractivity contribution >= 4 is 0 Å². The highest BCUT2D eigenvalue weighted by Gasteiger charge is 1.73. The quantitative estimate of drug-likeness (QED) is 0.401. The fourth-order valence-corrected chi connectivity index (χ4v) is 0.489. The van der Waals surface area contributed by atoms with Gasteiger partial charge in [0.2, 0.25) is 0 Å². The van der Waals surface area contributed by atoms with E-state index < -0.39 is 0 Å². The number of hydrogen-bond donors (Lipinski definition) is 0. The summed E-state index contributed by atoms with van der Waals surface area (Å²) in [6.45, 7) is 8.28. The summed E-state index contributed by atoms with van der Waals surface area (Å²) in [6, 6.07) is 0. The predicted octanol–water partition coefficient (Wildman–Crippen LogP) is 3.78. The van der Waals surface area contributed by atoms with Crippen LogP contribution < -0.4 is 0 Å². The van der Waals surface area contributed by atoms with Crippen LogP contribution in [0.25, 0.3) is 0 Å². The zero-order chi connectivity index (χ0) is 7.54. The summed E-state index contributed by atoms with van der Waals surface area (Å²) in [4.78, 5) is 0. The van der Waals surface area contributed by atoms with Crippen molar-refractivity contribution in [1.29, 1.82) is 0 Å². The summed E-state index contributed by atoms with van der Waals surface area (Å²) in [7, 11) is 0. The van der Waals surface area contributed by atoms with E-state index in [1.165, 1.54) is 19.3 Å². The van der Waals surface area contributed by atoms with Crippen molar-refractivity contribution in [2.75, 3.05) is 0 Å². The molecule has 0 aliphatic heterocycles. The first-order chi connectivity index (χ1) is 4.41. The van der Waals surface area contributed by atoms with Crippen LogP contribution in [0, 0.1) is 0 Å². The Kier molecular flexibility index (Phi) is 20.0. The van der Waals surface area contributed by atoms with Gasteiger partial charge in [0.15, 0.2) is 0 Å². The summed E-state index contributed by atoms with van der Waals surface area (Å²) >= 11 is 0. The van der Waals surface area contributed by atoms with Crippen LogP contribution in [0.4, 0.5) is 0 Å². The molecule has 0 radical (unpaired) electrons. The molecule has 0 saturated carbocycles. The van der Waals surface area contributed by atoms with E-state index in [9.17, 15) is 0 Å². The standard InChI is InChI=1S/C7H14.C2H6/c1-3-5-7-6-4-2;1-2/h3,5H,4,6-7H2,1-2H3;1-2H3/b5-3-;. The van der Waals surface area contributed by atoms with Crippen LogP contribution in [0.5, 0.6) is 0 Å². The molecule has 0 spiro atoms. The third-order valence-corrected chi connectivity index (χ3v) is 0.960. The SMILES string of the molecule is C/C=C\CCCC.CC. The van der Waals surface area contributed by atoms with Gasteiger partial charge in [0.05, 0.1) is 0 Å². The normalized spacial score (nSPS) is 8.89. The molecule has 0 aromatic carbocycles. The van der Waals surface area contributed by atoms with Crippen molar-refractivity contribution in [2.24, 2.45) is 0 Å². The second kappa shape index (κ2) is 15.6. The molecule has 56 valence electrons. The second-order valence-electron chi connectivity index (χ2n) is 1.71. The van der Waals surface area contributed by atoms with E-state index in [-0.39, 0.29) is 0 Å². The van der Waals surface area contributed by atoms with Crippen molar-refractivity contribution in [3.05, 3.63) is 12.2 Å². The Morgan fingerprint density at radius 3 is 2.11 bits per heavy atom. The largest absolute Gasteiger partial charge is 0.0917 e. The molecule has 0 fully saturated rings. The van der Waals surface area contributed by atoms with E-state index >= 15 is 0 Å². The van der Waals surface area contributed by atoms with E-state index in [4.69, 9.17) is 0 Å². The highest BCUT2D eigenvalue weighted by molar-refractivity contribution is 4.75. The Morgan fingerprint density at radius 1 is 1.22 bits per heavy atom. The molecule has 0 aliphatic carbocycles. The molecule has 0 aromatic rings. The molecule has 0 heteroatoms. The van der Waals surface area contributed by atoms with Gasteiger partial charge in [-0.1, -0.05) is 45.8 Å². The van der Waals surface area contributed by atoms with E-state index in [0.29, 0.717) is 0 Å². The summed E-state index contributed by atoms with van der Waals surface area (Å²) in [5, 5.41) is 0. The first-order valence-electron chi connectivity index (χ1n) is 4.03. The highest BCUT2D eigenvalue weighted by Crippen LogP contribution is 1.93. The van der Waals surface area contributed by atoms with Gasteiger partial charge in [-0.3, -0.25) is 0 Å². The second-order valence-corrected chi connectivity index (χ2v) is 1.71. The van der Waals surface area contributed by atoms with Crippen molar-refractivity contribution in [1.82, 2.24) is 0 Å². The monoisotopic (exact) mass is 128 g/mol. The Labute approximate surface area is 60.0 Å². The highest BCUT2D eigenvalue weighted by atomic mass is 13.8. The Balaban J connectivity index is 0. The number of hydrogen-bond acceptors (Lipinski definition) is 0. The van der Waals surface area contributed by atoms with Crippen LogP contribution in [0.2, 0.25) is 0 Å². The molecule has 0 N–H and O–H groups in total. The molecular weight excluding hydrogens is 108 g/mol. The molecule has 0 amide bonds. The number of rotatable bonds is 3. The lowest BCUT2D eigenvalue weighted by atomic mass is 10.2. The summed E-state index contributed by atoms with van der Waals surface area (Å²) in [5.41, 5.74) is 0. The molecule has 0 aromatic heterocycles. The van der Waals surface area contributed by atoms with Gasteiger partial charge < -0.3 is 0 Å². The van der Waals surface area contributed by atoms with E-state index in [1.54, 1.807) is 0 Å². The third kappa shape index (κ3) is 18.2. The minimum absolute atomic E-state index is 1.26.